The highest BCUT2D eigenvalue weighted by molar-refractivity contribution is 5.86. The number of hydrogen-bond donors (Lipinski definition) is 1. The van der Waals surface area contributed by atoms with E-state index < -0.39 is 5.97 Å². The average molecular weight is 303 g/mol. The van der Waals surface area contributed by atoms with Crippen LogP contribution in [-0.2, 0) is 6.54 Å². The molecular weight excluding hydrogens is 285 g/mol. The molecule has 0 atom stereocenters. The Morgan fingerprint density at radius 2 is 2.00 bits per heavy atom. The van der Waals surface area contributed by atoms with E-state index in [1.54, 1.807) is 22.9 Å². The fraction of sp³-hybridized carbons (Fsp3) is 0.438. The maximum Gasteiger partial charge on any atom is 0.358 e. The zero-order chi connectivity index (χ0) is 15.5. The molecule has 1 aromatic carbocycles. The van der Waals surface area contributed by atoms with Crippen LogP contribution in [0.5, 0.6) is 0 Å². The van der Waals surface area contributed by atoms with Crippen molar-refractivity contribution in [2.45, 2.75) is 44.6 Å². The molecule has 0 aliphatic heterocycles. The van der Waals surface area contributed by atoms with Crippen LogP contribution in [0.25, 0.3) is 0 Å². The van der Waals surface area contributed by atoms with E-state index in [0.29, 0.717) is 11.3 Å². The SMILES string of the molecule is O=C(O)c1nnn(Cc2ccccc2F)c1C1CCCCC1. The summed E-state index contributed by atoms with van der Waals surface area (Å²) in [6.07, 6.45) is 5.20. The molecule has 3 rings (SSSR count). The first-order valence-electron chi connectivity index (χ1n) is 7.57. The van der Waals surface area contributed by atoms with Crippen LogP contribution in [0.4, 0.5) is 4.39 Å². The van der Waals surface area contributed by atoms with Crippen LogP contribution in [0.2, 0.25) is 0 Å². The molecule has 1 fully saturated rings. The molecule has 0 saturated heterocycles. The number of rotatable bonds is 4. The smallest absolute Gasteiger partial charge is 0.358 e. The first-order valence-corrected chi connectivity index (χ1v) is 7.57. The van der Waals surface area contributed by atoms with Gasteiger partial charge in [-0.05, 0) is 18.9 Å². The molecule has 1 heterocycles. The van der Waals surface area contributed by atoms with Crippen molar-refractivity contribution in [3.8, 4) is 0 Å². The number of carboxylic acids is 1. The van der Waals surface area contributed by atoms with Crippen LogP contribution in [0, 0.1) is 5.82 Å². The summed E-state index contributed by atoms with van der Waals surface area (Å²) in [5.41, 5.74) is 1.13. The third kappa shape index (κ3) is 2.86. The van der Waals surface area contributed by atoms with E-state index in [2.05, 4.69) is 10.3 Å². The Balaban J connectivity index is 1.97. The molecule has 22 heavy (non-hydrogen) atoms. The molecule has 0 amide bonds. The Bertz CT molecular complexity index is 678. The van der Waals surface area contributed by atoms with Crippen molar-refractivity contribution in [2.75, 3.05) is 0 Å². The van der Waals surface area contributed by atoms with Crippen LogP contribution in [0.1, 0.15) is 59.8 Å². The Hall–Kier alpha value is -2.24. The van der Waals surface area contributed by atoms with Crippen molar-refractivity contribution in [1.82, 2.24) is 15.0 Å². The normalized spacial score (nSPS) is 15.9. The van der Waals surface area contributed by atoms with E-state index in [-0.39, 0.29) is 24.0 Å². The first-order chi connectivity index (χ1) is 10.7. The van der Waals surface area contributed by atoms with Crippen molar-refractivity contribution in [3.63, 3.8) is 0 Å². The number of carbonyl (C=O) groups is 1. The standard InChI is InChI=1S/C16H18FN3O2/c17-13-9-5-4-8-12(13)10-20-15(11-6-2-1-3-7-11)14(16(21)22)18-19-20/h4-5,8-9,11H,1-3,6-7,10H2,(H,21,22). The van der Waals surface area contributed by atoms with E-state index in [9.17, 15) is 14.3 Å². The summed E-state index contributed by atoms with van der Waals surface area (Å²) in [5.74, 6) is -1.24. The predicted molar refractivity (Wildman–Crippen MR) is 78.3 cm³/mol. The summed E-state index contributed by atoms with van der Waals surface area (Å²) in [6.45, 7) is 0.207. The maximum absolute atomic E-state index is 13.8. The minimum absolute atomic E-state index is 0.00300. The van der Waals surface area contributed by atoms with Gasteiger partial charge in [0.25, 0.3) is 0 Å². The van der Waals surface area contributed by atoms with Gasteiger partial charge >= 0.3 is 5.97 Å². The molecule has 0 spiro atoms. The van der Waals surface area contributed by atoms with Gasteiger partial charge in [0, 0.05) is 11.5 Å². The summed E-state index contributed by atoms with van der Waals surface area (Å²) in [6, 6.07) is 6.46. The van der Waals surface area contributed by atoms with Crippen molar-refractivity contribution >= 4 is 5.97 Å². The minimum Gasteiger partial charge on any atom is -0.476 e. The van der Waals surface area contributed by atoms with Gasteiger partial charge in [-0.2, -0.15) is 0 Å². The van der Waals surface area contributed by atoms with Gasteiger partial charge in [-0.15, -0.1) is 5.10 Å². The summed E-state index contributed by atoms with van der Waals surface area (Å²) in [4.78, 5) is 11.4. The Kier molecular flexibility index (Phi) is 4.18. The van der Waals surface area contributed by atoms with Gasteiger partial charge in [0.1, 0.15) is 5.82 Å². The van der Waals surface area contributed by atoms with Crippen molar-refractivity contribution < 1.29 is 14.3 Å². The fourth-order valence-corrected chi connectivity index (χ4v) is 3.16. The summed E-state index contributed by atoms with van der Waals surface area (Å²) in [7, 11) is 0. The van der Waals surface area contributed by atoms with Gasteiger partial charge in [-0.3, -0.25) is 0 Å². The third-order valence-electron chi connectivity index (χ3n) is 4.25. The second-order valence-electron chi connectivity index (χ2n) is 5.71. The monoisotopic (exact) mass is 303 g/mol. The minimum atomic E-state index is -1.07. The quantitative estimate of drug-likeness (QED) is 0.941. The number of halogens is 1. The summed E-state index contributed by atoms with van der Waals surface area (Å²) < 4.78 is 15.4. The van der Waals surface area contributed by atoms with E-state index >= 15 is 0 Å². The lowest BCUT2D eigenvalue weighted by Gasteiger charge is -2.22. The zero-order valence-corrected chi connectivity index (χ0v) is 12.2. The average Bonchev–Trinajstić information content (AvgIpc) is 2.94. The van der Waals surface area contributed by atoms with Crippen LogP contribution < -0.4 is 0 Å². The largest absolute Gasteiger partial charge is 0.476 e. The second kappa shape index (κ2) is 6.25. The number of aromatic nitrogens is 3. The molecule has 0 unspecified atom stereocenters. The molecule has 1 saturated carbocycles. The predicted octanol–water partition coefficient (Wildman–Crippen LogP) is 3.21. The number of hydrogen-bond acceptors (Lipinski definition) is 3. The molecular formula is C16H18FN3O2. The van der Waals surface area contributed by atoms with Crippen molar-refractivity contribution in [1.29, 1.82) is 0 Å². The zero-order valence-electron chi connectivity index (χ0n) is 12.2. The molecule has 0 bridgehead atoms. The molecule has 5 nitrogen and oxygen atoms in total. The Labute approximate surface area is 127 Å². The van der Waals surface area contributed by atoms with Crippen molar-refractivity contribution in [2.24, 2.45) is 0 Å². The molecule has 1 aliphatic rings. The van der Waals surface area contributed by atoms with Gasteiger partial charge in [-0.25, -0.2) is 13.9 Å². The molecule has 1 aromatic heterocycles. The third-order valence-corrected chi connectivity index (χ3v) is 4.25. The summed E-state index contributed by atoms with van der Waals surface area (Å²) >= 11 is 0. The van der Waals surface area contributed by atoms with Gasteiger partial charge in [0.15, 0.2) is 5.69 Å². The Morgan fingerprint density at radius 3 is 2.68 bits per heavy atom. The lowest BCUT2D eigenvalue weighted by molar-refractivity contribution is 0.0688. The van der Waals surface area contributed by atoms with Crippen LogP contribution in [0.3, 0.4) is 0 Å². The second-order valence-corrected chi connectivity index (χ2v) is 5.71. The highest BCUT2D eigenvalue weighted by Gasteiger charge is 2.28. The van der Waals surface area contributed by atoms with Gasteiger partial charge in [-0.1, -0.05) is 42.7 Å². The van der Waals surface area contributed by atoms with Crippen LogP contribution >= 0.6 is 0 Å². The lowest BCUT2D eigenvalue weighted by atomic mass is 9.86. The molecule has 6 heteroatoms. The lowest BCUT2D eigenvalue weighted by Crippen LogP contribution is -2.16. The van der Waals surface area contributed by atoms with E-state index in [4.69, 9.17) is 0 Å². The van der Waals surface area contributed by atoms with Gasteiger partial charge < -0.3 is 5.11 Å². The number of nitrogens with zero attached hydrogens (tertiary/aromatic N) is 3. The highest BCUT2D eigenvalue weighted by Crippen LogP contribution is 2.34. The maximum atomic E-state index is 13.8. The number of benzene rings is 1. The molecule has 1 aliphatic carbocycles. The Morgan fingerprint density at radius 1 is 1.27 bits per heavy atom. The van der Waals surface area contributed by atoms with Gasteiger partial charge in [0.05, 0.1) is 12.2 Å². The topological polar surface area (TPSA) is 68.0 Å². The highest BCUT2D eigenvalue weighted by atomic mass is 19.1. The first kappa shape index (κ1) is 14.7. The van der Waals surface area contributed by atoms with E-state index in [0.717, 1.165) is 25.7 Å². The molecule has 116 valence electrons. The van der Waals surface area contributed by atoms with Crippen LogP contribution in [-0.4, -0.2) is 26.1 Å². The fourth-order valence-electron chi connectivity index (χ4n) is 3.16. The van der Waals surface area contributed by atoms with E-state index in [1.807, 2.05) is 0 Å². The van der Waals surface area contributed by atoms with Crippen LogP contribution in [0.15, 0.2) is 24.3 Å². The summed E-state index contributed by atoms with van der Waals surface area (Å²) in [5, 5.41) is 17.1. The van der Waals surface area contributed by atoms with E-state index in [1.165, 1.54) is 12.5 Å². The molecule has 2 aromatic rings. The molecule has 1 N–H and O–H groups in total. The number of aromatic carboxylic acids is 1. The van der Waals surface area contributed by atoms with Gasteiger partial charge in [0.2, 0.25) is 0 Å². The molecule has 0 radical (unpaired) electrons. The van der Waals surface area contributed by atoms with Crippen molar-refractivity contribution in [3.05, 3.63) is 47.0 Å². The number of carboxylic acid groups (broad SMARTS) is 1.